The van der Waals surface area contributed by atoms with Crippen LogP contribution in [0, 0.1) is 0 Å². The minimum Gasteiger partial charge on any atom is -0.383 e. The van der Waals surface area contributed by atoms with Crippen molar-refractivity contribution in [2.75, 3.05) is 6.54 Å². The molecule has 1 aromatic carbocycles. The van der Waals surface area contributed by atoms with Gasteiger partial charge in [-0.1, -0.05) is 18.2 Å². The van der Waals surface area contributed by atoms with Crippen molar-refractivity contribution in [3.05, 3.63) is 53.3 Å². The van der Waals surface area contributed by atoms with Gasteiger partial charge in [-0.25, -0.2) is 0 Å². The number of hydrogen-bond acceptors (Lipinski definition) is 3. The number of aliphatic hydroxyl groups is 1. The Morgan fingerprint density at radius 3 is 2.62 bits per heavy atom. The van der Waals surface area contributed by atoms with Crippen molar-refractivity contribution in [2.45, 2.75) is 25.1 Å². The van der Waals surface area contributed by atoms with Crippen LogP contribution in [-0.4, -0.2) is 27.3 Å². The van der Waals surface area contributed by atoms with Gasteiger partial charge in [0.2, 0.25) is 5.91 Å². The van der Waals surface area contributed by atoms with Gasteiger partial charge in [-0.2, -0.15) is 18.3 Å². The second-order valence-corrected chi connectivity index (χ2v) is 5.83. The number of aromatic nitrogens is 2. The Labute approximate surface area is 137 Å². The summed E-state index contributed by atoms with van der Waals surface area (Å²) in [6, 6.07) is 4.61. The quantitative estimate of drug-likeness (QED) is 0.874. The maximum Gasteiger partial charge on any atom is 0.416 e. The molecule has 0 fully saturated rings. The van der Waals surface area contributed by atoms with Crippen molar-refractivity contribution >= 4 is 5.91 Å². The number of carbonyl (C=O) groups is 1. The number of halogens is 3. The average molecular weight is 341 g/mol. The molecular weight excluding hydrogens is 323 g/mol. The fourth-order valence-electron chi connectivity index (χ4n) is 2.18. The lowest BCUT2D eigenvalue weighted by Gasteiger charge is -2.22. The largest absolute Gasteiger partial charge is 0.416 e. The number of hydrogen-bond donors (Lipinski definition) is 2. The number of nitrogens with zero attached hydrogens (tertiary/aromatic N) is 2. The van der Waals surface area contributed by atoms with Gasteiger partial charge in [0, 0.05) is 18.8 Å². The van der Waals surface area contributed by atoms with E-state index in [1.54, 1.807) is 13.2 Å². The number of amides is 1. The van der Waals surface area contributed by atoms with Gasteiger partial charge in [0.05, 0.1) is 24.7 Å². The molecule has 8 heteroatoms. The number of carbonyl (C=O) groups excluding carboxylic acids is 1. The van der Waals surface area contributed by atoms with Crippen molar-refractivity contribution in [2.24, 2.45) is 7.05 Å². The Morgan fingerprint density at radius 2 is 2.04 bits per heavy atom. The Kier molecular flexibility index (Phi) is 4.98. The lowest BCUT2D eigenvalue weighted by atomic mass is 9.99. The summed E-state index contributed by atoms with van der Waals surface area (Å²) in [6.45, 7) is 1.45. The third kappa shape index (κ3) is 4.58. The number of rotatable bonds is 5. The van der Waals surface area contributed by atoms with E-state index in [0.29, 0.717) is 5.56 Å². The van der Waals surface area contributed by atoms with Crippen LogP contribution in [0.4, 0.5) is 13.2 Å². The molecule has 1 aromatic heterocycles. The summed E-state index contributed by atoms with van der Waals surface area (Å²) < 4.78 is 39.5. The van der Waals surface area contributed by atoms with Crippen LogP contribution in [0.3, 0.4) is 0 Å². The topological polar surface area (TPSA) is 67.2 Å². The second kappa shape index (κ2) is 6.64. The zero-order chi connectivity index (χ0) is 18.0. The molecule has 0 radical (unpaired) electrons. The second-order valence-electron chi connectivity index (χ2n) is 5.83. The van der Waals surface area contributed by atoms with E-state index in [4.69, 9.17) is 0 Å². The number of aryl methyl sites for hydroxylation is 1. The molecule has 0 aliphatic rings. The van der Waals surface area contributed by atoms with E-state index in [1.807, 2.05) is 0 Å². The molecule has 5 nitrogen and oxygen atoms in total. The molecule has 2 aromatic rings. The average Bonchev–Trinajstić information content (AvgIpc) is 2.92. The van der Waals surface area contributed by atoms with Gasteiger partial charge < -0.3 is 10.4 Å². The molecule has 0 aliphatic carbocycles. The van der Waals surface area contributed by atoms with E-state index < -0.39 is 23.2 Å². The molecule has 24 heavy (non-hydrogen) atoms. The first-order valence-electron chi connectivity index (χ1n) is 7.22. The summed E-state index contributed by atoms with van der Waals surface area (Å²) in [5.41, 5.74) is -1.33. The monoisotopic (exact) mass is 341 g/mol. The Balaban J connectivity index is 1.96. The van der Waals surface area contributed by atoms with Gasteiger partial charge in [0.25, 0.3) is 0 Å². The summed E-state index contributed by atoms with van der Waals surface area (Å²) in [5, 5.41) is 16.8. The highest BCUT2D eigenvalue weighted by molar-refractivity contribution is 5.78. The first kappa shape index (κ1) is 18.0. The van der Waals surface area contributed by atoms with Crippen LogP contribution in [-0.2, 0) is 30.0 Å². The SMILES string of the molecule is Cn1cc(C(C)(O)CNC(=O)Cc2cccc(C(F)(F)F)c2)cn1. The number of nitrogens with one attached hydrogen (secondary N) is 1. The molecule has 2 N–H and O–H groups in total. The third-order valence-electron chi connectivity index (χ3n) is 3.58. The molecule has 0 spiro atoms. The van der Waals surface area contributed by atoms with Gasteiger partial charge >= 0.3 is 6.18 Å². The van der Waals surface area contributed by atoms with Crippen LogP contribution in [0.15, 0.2) is 36.7 Å². The fraction of sp³-hybridized carbons (Fsp3) is 0.375. The molecule has 0 bridgehead atoms. The van der Waals surface area contributed by atoms with Gasteiger partial charge in [0.1, 0.15) is 5.60 Å². The first-order chi connectivity index (χ1) is 11.1. The van der Waals surface area contributed by atoms with Crippen LogP contribution in [0.5, 0.6) is 0 Å². The molecule has 0 saturated heterocycles. The summed E-state index contributed by atoms with van der Waals surface area (Å²) in [4.78, 5) is 11.9. The lowest BCUT2D eigenvalue weighted by Crippen LogP contribution is -2.39. The van der Waals surface area contributed by atoms with Crippen molar-refractivity contribution in [3.63, 3.8) is 0 Å². The van der Waals surface area contributed by atoms with E-state index in [1.165, 1.54) is 29.9 Å². The van der Waals surface area contributed by atoms with Gasteiger partial charge in [0.15, 0.2) is 0 Å². The van der Waals surface area contributed by atoms with Crippen LogP contribution >= 0.6 is 0 Å². The predicted molar refractivity (Wildman–Crippen MR) is 80.9 cm³/mol. The maximum absolute atomic E-state index is 12.7. The van der Waals surface area contributed by atoms with E-state index >= 15 is 0 Å². The Hall–Kier alpha value is -2.35. The van der Waals surface area contributed by atoms with Crippen molar-refractivity contribution in [3.8, 4) is 0 Å². The maximum atomic E-state index is 12.7. The summed E-state index contributed by atoms with van der Waals surface area (Å²) in [6.07, 6.45) is -1.54. The molecule has 1 unspecified atom stereocenters. The zero-order valence-electron chi connectivity index (χ0n) is 13.3. The molecule has 0 aliphatic heterocycles. The van der Waals surface area contributed by atoms with Crippen LogP contribution in [0.25, 0.3) is 0 Å². The molecule has 1 heterocycles. The number of alkyl halides is 3. The van der Waals surface area contributed by atoms with Gasteiger partial charge in [-0.15, -0.1) is 0 Å². The Morgan fingerprint density at radius 1 is 1.33 bits per heavy atom. The van der Waals surface area contributed by atoms with Gasteiger partial charge in [-0.05, 0) is 18.6 Å². The molecule has 0 saturated carbocycles. The molecule has 130 valence electrons. The van der Waals surface area contributed by atoms with Crippen molar-refractivity contribution in [1.29, 1.82) is 0 Å². The van der Waals surface area contributed by atoms with Crippen molar-refractivity contribution in [1.82, 2.24) is 15.1 Å². The van der Waals surface area contributed by atoms with Crippen LogP contribution in [0.1, 0.15) is 23.6 Å². The Bertz CT molecular complexity index is 723. The lowest BCUT2D eigenvalue weighted by molar-refractivity contribution is -0.137. The van der Waals surface area contributed by atoms with Gasteiger partial charge in [-0.3, -0.25) is 9.48 Å². The predicted octanol–water partition coefficient (Wildman–Crippen LogP) is 2.01. The first-order valence-corrected chi connectivity index (χ1v) is 7.22. The van der Waals surface area contributed by atoms with Crippen LogP contribution < -0.4 is 5.32 Å². The smallest absolute Gasteiger partial charge is 0.383 e. The highest BCUT2D eigenvalue weighted by atomic mass is 19.4. The van der Waals surface area contributed by atoms with E-state index in [0.717, 1.165) is 12.1 Å². The van der Waals surface area contributed by atoms with E-state index in [2.05, 4.69) is 10.4 Å². The number of benzene rings is 1. The highest BCUT2D eigenvalue weighted by Gasteiger charge is 2.30. The normalized spacial score (nSPS) is 14.2. The molecule has 1 amide bonds. The third-order valence-corrected chi connectivity index (χ3v) is 3.58. The standard InChI is InChI=1S/C16H18F3N3O2/c1-15(24,13-8-21-22(2)9-13)10-20-14(23)7-11-4-3-5-12(6-11)16(17,18)19/h3-6,8-9,24H,7,10H2,1-2H3,(H,20,23). The molecule has 2 rings (SSSR count). The van der Waals surface area contributed by atoms with Crippen molar-refractivity contribution < 1.29 is 23.1 Å². The van der Waals surface area contributed by atoms with E-state index in [9.17, 15) is 23.1 Å². The fourth-order valence-corrected chi connectivity index (χ4v) is 2.18. The highest BCUT2D eigenvalue weighted by Crippen LogP contribution is 2.29. The summed E-state index contributed by atoms with van der Waals surface area (Å²) in [7, 11) is 1.70. The summed E-state index contributed by atoms with van der Waals surface area (Å²) >= 11 is 0. The zero-order valence-corrected chi connectivity index (χ0v) is 13.3. The summed E-state index contributed by atoms with van der Waals surface area (Å²) in [5.74, 6) is -0.474. The minimum atomic E-state index is -4.45. The molecule has 1 atom stereocenters. The van der Waals surface area contributed by atoms with Crippen LogP contribution in [0.2, 0.25) is 0 Å². The minimum absolute atomic E-state index is 0.0729. The molecular formula is C16H18F3N3O2. The van der Waals surface area contributed by atoms with E-state index in [-0.39, 0.29) is 18.5 Å².